The van der Waals surface area contributed by atoms with Crippen LogP contribution in [0, 0.1) is 11.3 Å². The van der Waals surface area contributed by atoms with Gasteiger partial charge in [0.2, 0.25) is 5.92 Å². The highest BCUT2D eigenvalue weighted by Gasteiger charge is 2.47. The first kappa shape index (κ1) is 21.4. The molecule has 0 radical (unpaired) electrons. The summed E-state index contributed by atoms with van der Waals surface area (Å²) in [5, 5.41) is 16.4. The molecule has 2 aliphatic carbocycles. The van der Waals surface area contributed by atoms with Gasteiger partial charge in [-0.25, -0.2) is 18.4 Å². The predicted molar refractivity (Wildman–Crippen MR) is 116 cm³/mol. The Labute approximate surface area is 186 Å². The van der Waals surface area contributed by atoms with Crippen LogP contribution >= 0.6 is 0 Å². The Balaban J connectivity index is 1.44. The van der Waals surface area contributed by atoms with Gasteiger partial charge in [0.1, 0.15) is 5.65 Å². The number of tetrazole rings is 1. The molecule has 5 rings (SSSR count). The van der Waals surface area contributed by atoms with E-state index in [1.54, 1.807) is 0 Å². The van der Waals surface area contributed by atoms with Crippen LogP contribution < -0.4 is 5.32 Å². The number of nitrogens with zero attached hydrogens (tertiary/aromatic N) is 6. The minimum absolute atomic E-state index is 0.0289. The average Bonchev–Trinajstić information content (AvgIpc) is 3.37. The van der Waals surface area contributed by atoms with Crippen molar-refractivity contribution in [1.82, 2.24) is 34.9 Å². The molecule has 0 aromatic carbocycles. The van der Waals surface area contributed by atoms with E-state index in [9.17, 15) is 8.78 Å². The maximum absolute atomic E-state index is 13.7. The van der Waals surface area contributed by atoms with Crippen LogP contribution in [0.5, 0.6) is 0 Å². The summed E-state index contributed by atoms with van der Waals surface area (Å²) >= 11 is 0. The van der Waals surface area contributed by atoms with E-state index in [0.717, 1.165) is 17.2 Å². The molecule has 0 saturated heterocycles. The number of pyridine rings is 1. The molecule has 0 amide bonds. The van der Waals surface area contributed by atoms with Crippen molar-refractivity contribution in [3.8, 4) is 0 Å². The van der Waals surface area contributed by atoms with Gasteiger partial charge in [-0.2, -0.15) is 0 Å². The zero-order valence-corrected chi connectivity index (χ0v) is 18.9. The molecule has 3 aromatic rings. The van der Waals surface area contributed by atoms with Gasteiger partial charge in [-0.05, 0) is 66.5 Å². The van der Waals surface area contributed by atoms with Crippen LogP contribution in [0.4, 0.5) is 8.78 Å². The van der Waals surface area contributed by atoms with Crippen molar-refractivity contribution in [2.45, 2.75) is 83.3 Å². The Morgan fingerprint density at radius 1 is 1.16 bits per heavy atom. The molecule has 2 fully saturated rings. The van der Waals surface area contributed by atoms with Crippen LogP contribution in [-0.4, -0.2) is 35.5 Å². The average molecular weight is 444 g/mol. The predicted octanol–water partition coefficient (Wildman–Crippen LogP) is 4.90. The summed E-state index contributed by atoms with van der Waals surface area (Å²) in [6.07, 6.45) is 6.96. The molecule has 2 atom stereocenters. The molecule has 7 nitrogen and oxygen atoms in total. The molecule has 2 aliphatic rings. The highest BCUT2D eigenvalue weighted by molar-refractivity contribution is 5.40. The van der Waals surface area contributed by atoms with Gasteiger partial charge in [0.25, 0.3) is 0 Å². The molecule has 1 N–H and O–H groups in total. The normalized spacial score (nSPS) is 21.7. The summed E-state index contributed by atoms with van der Waals surface area (Å²) < 4.78 is 31.3. The van der Waals surface area contributed by atoms with E-state index in [0.29, 0.717) is 18.8 Å². The highest BCUT2D eigenvalue weighted by Crippen LogP contribution is 2.52. The summed E-state index contributed by atoms with van der Waals surface area (Å²) in [6, 6.07) is 5.71. The van der Waals surface area contributed by atoms with E-state index >= 15 is 0 Å². The fourth-order valence-electron chi connectivity index (χ4n) is 5.10. The molecular weight excluding hydrogens is 412 g/mol. The van der Waals surface area contributed by atoms with Crippen molar-refractivity contribution in [3.05, 3.63) is 42.1 Å². The zero-order valence-electron chi connectivity index (χ0n) is 18.9. The number of halogens is 2. The van der Waals surface area contributed by atoms with Gasteiger partial charge in [0, 0.05) is 31.3 Å². The number of fused-ring (bicyclic) bond motifs is 1. The Hall–Kier alpha value is -2.42. The quantitative estimate of drug-likeness (QED) is 0.562. The molecule has 1 unspecified atom stereocenters. The molecule has 2 saturated carbocycles. The van der Waals surface area contributed by atoms with Crippen molar-refractivity contribution in [3.63, 3.8) is 0 Å². The minimum Gasteiger partial charge on any atom is -0.307 e. The summed E-state index contributed by atoms with van der Waals surface area (Å²) in [5.74, 6) is -1.25. The number of hydrogen-bond donors (Lipinski definition) is 1. The maximum Gasteiger partial charge on any atom is 0.248 e. The van der Waals surface area contributed by atoms with Crippen molar-refractivity contribution >= 4 is 5.65 Å². The van der Waals surface area contributed by atoms with E-state index in [2.05, 4.69) is 41.6 Å². The number of aromatic nitrogens is 6. The van der Waals surface area contributed by atoms with Gasteiger partial charge in [0.15, 0.2) is 5.82 Å². The third-order valence-corrected chi connectivity index (χ3v) is 7.43. The lowest BCUT2D eigenvalue weighted by Gasteiger charge is -2.37. The summed E-state index contributed by atoms with van der Waals surface area (Å²) in [7, 11) is 0. The Kier molecular flexibility index (Phi) is 5.27. The van der Waals surface area contributed by atoms with Crippen LogP contribution in [0.15, 0.2) is 30.6 Å². The third kappa shape index (κ3) is 4.02. The smallest absolute Gasteiger partial charge is 0.248 e. The molecule has 0 spiro atoms. The van der Waals surface area contributed by atoms with Gasteiger partial charge >= 0.3 is 0 Å². The summed E-state index contributed by atoms with van der Waals surface area (Å²) in [5.41, 5.74) is 1.77. The first-order chi connectivity index (χ1) is 15.2. The monoisotopic (exact) mass is 443 g/mol. The van der Waals surface area contributed by atoms with Crippen LogP contribution in [-0.2, 0) is 0 Å². The van der Waals surface area contributed by atoms with Crippen LogP contribution in [0.1, 0.15) is 88.9 Å². The number of rotatable bonds is 7. The lowest BCUT2D eigenvalue weighted by atomic mass is 9.78. The SMILES string of the molecule is C[C@H](NC(c1nnnn1C1CCC(F)(F)CC1)C(C)(C)C1CC1)c1cn2ccccc2n1. The first-order valence-corrected chi connectivity index (χ1v) is 11.6. The van der Waals surface area contributed by atoms with Crippen LogP contribution in [0.2, 0.25) is 0 Å². The highest BCUT2D eigenvalue weighted by atomic mass is 19.3. The Morgan fingerprint density at radius 2 is 1.91 bits per heavy atom. The van der Waals surface area contributed by atoms with Crippen LogP contribution in [0.3, 0.4) is 0 Å². The fourth-order valence-corrected chi connectivity index (χ4v) is 5.10. The maximum atomic E-state index is 13.7. The minimum atomic E-state index is -2.58. The van der Waals surface area contributed by atoms with Gasteiger partial charge in [-0.15, -0.1) is 5.10 Å². The van der Waals surface area contributed by atoms with E-state index in [-0.39, 0.29) is 36.4 Å². The third-order valence-electron chi connectivity index (χ3n) is 7.43. The Morgan fingerprint density at radius 3 is 2.59 bits per heavy atom. The second kappa shape index (κ2) is 7.86. The molecule has 3 aromatic heterocycles. The van der Waals surface area contributed by atoms with E-state index in [4.69, 9.17) is 4.98 Å². The van der Waals surface area contributed by atoms with E-state index in [1.807, 2.05) is 39.7 Å². The van der Waals surface area contributed by atoms with Crippen molar-refractivity contribution < 1.29 is 8.78 Å². The van der Waals surface area contributed by atoms with Crippen molar-refractivity contribution in [2.24, 2.45) is 11.3 Å². The second-order valence-electron chi connectivity index (χ2n) is 10.1. The van der Waals surface area contributed by atoms with Crippen LogP contribution in [0.25, 0.3) is 5.65 Å². The standard InChI is InChI=1S/C23H31F2N7/c1-15(18-14-31-13-5-4-6-19(31)27-18)26-20(22(2,3)16-7-8-16)21-28-29-30-32(21)17-9-11-23(24,25)12-10-17/h4-6,13-17,20,26H,7-12H2,1-3H3/t15-,20?/m0/s1. The Bertz CT molecular complexity index is 1040. The van der Waals surface area contributed by atoms with Crippen molar-refractivity contribution in [1.29, 1.82) is 0 Å². The number of alkyl halides is 2. The van der Waals surface area contributed by atoms with E-state index < -0.39 is 5.92 Å². The molecule has 0 bridgehead atoms. The number of imidazole rings is 1. The fraction of sp³-hybridized carbons (Fsp3) is 0.652. The first-order valence-electron chi connectivity index (χ1n) is 11.6. The zero-order chi connectivity index (χ0) is 22.5. The largest absolute Gasteiger partial charge is 0.307 e. The van der Waals surface area contributed by atoms with Gasteiger partial charge in [-0.1, -0.05) is 19.9 Å². The lowest BCUT2D eigenvalue weighted by Crippen LogP contribution is -2.40. The van der Waals surface area contributed by atoms with Gasteiger partial charge in [0.05, 0.1) is 17.8 Å². The molecular formula is C23H31F2N7. The van der Waals surface area contributed by atoms with Gasteiger partial charge < -0.3 is 4.40 Å². The second-order valence-corrected chi connectivity index (χ2v) is 10.1. The van der Waals surface area contributed by atoms with Gasteiger partial charge in [-0.3, -0.25) is 5.32 Å². The van der Waals surface area contributed by atoms with Crippen molar-refractivity contribution in [2.75, 3.05) is 0 Å². The molecule has 3 heterocycles. The van der Waals surface area contributed by atoms with E-state index in [1.165, 1.54) is 12.8 Å². The number of hydrogen-bond acceptors (Lipinski definition) is 5. The summed E-state index contributed by atoms with van der Waals surface area (Å²) in [6.45, 7) is 6.62. The lowest BCUT2D eigenvalue weighted by molar-refractivity contribution is -0.0457. The molecule has 172 valence electrons. The number of nitrogens with one attached hydrogen (secondary N) is 1. The summed E-state index contributed by atoms with van der Waals surface area (Å²) in [4.78, 5) is 4.78. The molecule has 0 aliphatic heterocycles. The topological polar surface area (TPSA) is 72.9 Å². The molecule has 32 heavy (non-hydrogen) atoms. The molecule has 9 heteroatoms.